The Morgan fingerprint density at radius 2 is 1.71 bits per heavy atom. The Balaban J connectivity index is 1.03. The molecule has 0 aliphatic carbocycles. The third-order valence-corrected chi connectivity index (χ3v) is 9.10. The molecule has 0 bridgehead atoms. The Morgan fingerprint density at radius 1 is 1.07 bits per heavy atom. The summed E-state index contributed by atoms with van der Waals surface area (Å²) in [5.41, 5.74) is 2.10. The fourth-order valence-electron chi connectivity index (χ4n) is 5.68. The van der Waals surface area contributed by atoms with Gasteiger partial charge in [0.1, 0.15) is 17.5 Å². The molecule has 3 heterocycles. The normalized spacial score (nSPS) is 21.9. The summed E-state index contributed by atoms with van der Waals surface area (Å²) in [6, 6.07) is 15.4. The van der Waals surface area contributed by atoms with E-state index in [1.165, 1.54) is 29.0 Å². The number of nitriles is 1. The summed E-state index contributed by atoms with van der Waals surface area (Å²) in [6.45, 7) is 4.96. The predicted molar refractivity (Wildman–Crippen MR) is 154 cm³/mol. The van der Waals surface area contributed by atoms with Gasteiger partial charge in [0.25, 0.3) is 11.1 Å². The highest BCUT2D eigenvalue weighted by Gasteiger charge is 2.32. The van der Waals surface area contributed by atoms with Crippen LogP contribution in [0.5, 0.6) is 5.19 Å². The number of thiazole rings is 1. The van der Waals surface area contributed by atoms with Crippen molar-refractivity contribution in [3.05, 3.63) is 81.9 Å². The highest BCUT2D eigenvalue weighted by atomic mass is 32.1. The number of carbonyl (C=O) groups excluding carboxylic acids is 1. The summed E-state index contributed by atoms with van der Waals surface area (Å²) >= 11 is 1.26. The van der Waals surface area contributed by atoms with Crippen molar-refractivity contribution in [2.45, 2.75) is 57.1 Å². The van der Waals surface area contributed by atoms with E-state index in [1.807, 2.05) is 24.3 Å². The zero-order chi connectivity index (χ0) is 29.7. The maximum Gasteiger partial charge on any atom is 0.416 e. The molecule has 1 aromatic heterocycles. The molecule has 0 atom stereocenters. The molecule has 42 heavy (non-hydrogen) atoms. The van der Waals surface area contributed by atoms with Gasteiger partial charge in [-0.05, 0) is 42.7 Å². The molecule has 2 aliphatic rings. The summed E-state index contributed by atoms with van der Waals surface area (Å²) < 4.78 is 45.4. The first-order valence-corrected chi connectivity index (χ1v) is 15.0. The summed E-state index contributed by atoms with van der Waals surface area (Å²) in [5, 5.41) is 12.7. The first kappa shape index (κ1) is 30.0. The van der Waals surface area contributed by atoms with Crippen LogP contribution >= 0.6 is 11.3 Å². The van der Waals surface area contributed by atoms with Gasteiger partial charge in [-0.1, -0.05) is 35.6 Å². The lowest BCUT2D eigenvalue weighted by Crippen LogP contribution is -2.53. The number of aromatic nitrogens is 1. The van der Waals surface area contributed by atoms with Crippen molar-refractivity contribution in [2.24, 2.45) is 0 Å². The largest absolute Gasteiger partial charge is 0.467 e. The second-order valence-electron chi connectivity index (χ2n) is 11.6. The monoisotopic (exact) mass is 598 g/mol. The van der Waals surface area contributed by atoms with Crippen LogP contribution in [-0.2, 0) is 19.3 Å². The number of hydrogen-bond donors (Lipinski definition) is 1. The first-order chi connectivity index (χ1) is 20.1. The van der Waals surface area contributed by atoms with Crippen LogP contribution < -0.4 is 10.1 Å². The quantitative estimate of drug-likeness (QED) is 0.341. The number of amides is 1. The average molecular weight is 599 g/mol. The molecular weight excluding hydrogens is 563 g/mol. The van der Waals surface area contributed by atoms with E-state index < -0.39 is 11.7 Å². The minimum absolute atomic E-state index is 0.0131. The van der Waals surface area contributed by atoms with E-state index in [2.05, 4.69) is 28.3 Å². The number of quaternary nitrogens is 1. The number of carbonyl (C=O) groups is 1. The maximum absolute atomic E-state index is 12.9. The maximum atomic E-state index is 12.9. The first-order valence-electron chi connectivity index (χ1n) is 14.2. The molecule has 11 heteroatoms. The lowest BCUT2D eigenvalue weighted by Gasteiger charge is -2.40. The molecule has 7 nitrogen and oxygen atoms in total. The Kier molecular flexibility index (Phi) is 9.16. The Labute approximate surface area is 248 Å². The van der Waals surface area contributed by atoms with Crippen molar-refractivity contribution in [3.8, 4) is 11.3 Å². The molecule has 0 spiro atoms. The van der Waals surface area contributed by atoms with E-state index in [-0.39, 0.29) is 18.1 Å². The molecule has 3 aromatic rings. The lowest BCUT2D eigenvalue weighted by atomic mass is 10.0. The van der Waals surface area contributed by atoms with E-state index in [1.54, 1.807) is 6.20 Å². The van der Waals surface area contributed by atoms with Crippen molar-refractivity contribution >= 4 is 17.2 Å². The van der Waals surface area contributed by atoms with E-state index in [9.17, 15) is 18.0 Å². The molecule has 2 aliphatic heterocycles. The topological polar surface area (TPSA) is 78.2 Å². The molecular formula is C31H35F3N5O2S+. The number of piperidine rings is 2. The molecule has 5 rings (SSSR count). The average Bonchev–Trinajstić information content (AvgIpc) is 3.44. The molecule has 0 radical (unpaired) electrons. The molecule has 222 valence electrons. The number of halogens is 3. The highest BCUT2D eigenvalue weighted by Crippen LogP contribution is 2.30. The van der Waals surface area contributed by atoms with Crippen molar-refractivity contribution in [3.63, 3.8) is 0 Å². The Morgan fingerprint density at radius 3 is 2.33 bits per heavy atom. The van der Waals surface area contributed by atoms with Gasteiger partial charge in [-0.25, -0.2) is 4.98 Å². The summed E-state index contributed by atoms with van der Waals surface area (Å²) in [4.78, 5) is 20.0. The molecule has 0 saturated carbocycles. The van der Waals surface area contributed by atoms with E-state index in [4.69, 9.17) is 10.00 Å². The van der Waals surface area contributed by atoms with Gasteiger partial charge in [-0.2, -0.15) is 18.4 Å². The fourth-order valence-corrected chi connectivity index (χ4v) is 6.41. The number of nitrogens with zero attached hydrogens (tertiary/aromatic N) is 4. The number of alkyl halides is 3. The minimum atomic E-state index is -4.32. The standard InChI is InChI=1S/C31H34F3N5O2S/c1-39(21-24-4-2-22(18-35)3-5-24)16-12-26(13-17-39)37-29(40)28-19-36-30(42-28)41-27-10-14-38(15-11-27)20-23-6-8-25(9-7-23)31(32,33)34/h2-9,19,26-27H,10-17,20-21H2,1H3/p+1. The smallest absolute Gasteiger partial charge is 0.416 e. The second kappa shape index (κ2) is 12.8. The van der Waals surface area contributed by atoms with Gasteiger partial charge in [0.15, 0.2) is 0 Å². The Hall–Kier alpha value is -3.46. The van der Waals surface area contributed by atoms with Crippen molar-refractivity contribution in [2.75, 3.05) is 33.2 Å². The molecule has 2 saturated heterocycles. The molecule has 1 N–H and O–H groups in total. The van der Waals surface area contributed by atoms with Crippen LogP contribution in [0.25, 0.3) is 0 Å². The number of likely N-dealkylation sites (tertiary alicyclic amines) is 2. The zero-order valence-corrected chi connectivity index (χ0v) is 24.4. The summed E-state index contributed by atoms with van der Waals surface area (Å²) in [6.07, 6.45) is 0.588. The highest BCUT2D eigenvalue weighted by molar-refractivity contribution is 7.15. The van der Waals surface area contributed by atoms with Gasteiger partial charge >= 0.3 is 6.18 Å². The van der Waals surface area contributed by atoms with Crippen molar-refractivity contribution in [1.29, 1.82) is 5.26 Å². The predicted octanol–water partition coefficient (Wildman–Crippen LogP) is 5.62. The SMILES string of the molecule is C[N+]1(Cc2ccc(C#N)cc2)CCC(NC(=O)c2cnc(OC3CCN(Cc4ccc(C(F)(F)F)cc4)CC3)s2)CC1. The molecule has 1 amide bonds. The lowest BCUT2D eigenvalue weighted by molar-refractivity contribution is -0.927. The van der Waals surface area contributed by atoms with Crippen molar-refractivity contribution in [1.82, 2.24) is 15.2 Å². The molecule has 0 unspecified atom stereocenters. The Bertz CT molecular complexity index is 1390. The zero-order valence-electron chi connectivity index (χ0n) is 23.6. The van der Waals surface area contributed by atoms with Crippen LogP contribution in [-0.4, -0.2) is 65.6 Å². The van der Waals surface area contributed by atoms with Crippen LogP contribution in [0.3, 0.4) is 0 Å². The molecule has 2 fully saturated rings. The van der Waals surface area contributed by atoms with E-state index in [0.29, 0.717) is 22.2 Å². The van der Waals surface area contributed by atoms with Crippen LogP contribution in [0.4, 0.5) is 13.2 Å². The molecule has 2 aromatic carbocycles. The van der Waals surface area contributed by atoms with Crippen LogP contribution in [0.15, 0.2) is 54.7 Å². The van der Waals surface area contributed by atoms with E-state index >= 15 is 0 Å². The fraction of sp³-hybridized carbons (Fsp3) is 0.452. The van der Waals surface area contributed by atoms with E-state index in [0.717, 1.165) is 80.6 Å². The number of ether oxygens (including phenoxy) is 1. The van der Waals surface area contributed by atoms with Crippen LogP contribution in [0.1, 0.15) is 57.6 Å². The minimum Gasteiger partial charge on any atom is -0.467 e. The van der Waals surface area contributed by atoms with Crippen molar-refractivity contribution < 1.29 is 27.2 Å². The van der Waals surface area contributed by atoms with Gasteiger partial charge in [0.2, 0.25) is 0 Å². The van der Waals surface area contributed by atoms with Gasteiger partial charge < -0.3 is 14.5 Å². The third kappa shape index (κ3) is 7.88. The van der Waals surface area contributed by atoms with Gasteiger partial charge in [0.05, 0.1) is 43.5 Å². The number of hydrogen-bond acceptors (Lipinski definition) is 6. The number of rotatable bonds is 8. The number of benzene rings is 2. The number of nitrogens with one attached hydrogen (secondary N) is 1. The third-order valence-electron chi connectivity index (χ3n) is 8.22. The second-order valence-corrected chi connectivity index (χ2v) is 12.6. The van der Waals surface area contributed by atoms with Gasteiger partial charge in [0, 0.05) is 44.1 Å². The summed E-state index contributed by atoms with van der Waals surface area (Å²) in [7, 11) is 2.24. The van der Waals surface area contributed by atoms with Gasteiger partial charge in [-0.15, -0.1) is 0 Å². The van der Waals surface area contributed by atoms with Gasteiger partial charge in [-0.3, -0.25) is 9.69 Å². The summed E-state index contributed by atoms with van der Waals surface area (Å²) in [5.74, 6) is -0.123. The van der Waals surface area contributed by atoms with Crippen LogP contribution in [0, 0.1) is 11.3 Å². The van der Waals surface area contributed by atoms with Crippen LogP contribution in [0.2, 0.25) is 0 Å².